The van der Waals surface area contributed by atoms with E-state index in [1.165, 1.54) is 6.20 Å². The fourth-order valence-corrected chi connectivity index (χ4v) is 5.07. The number of likely N-dealkylation sites (tertiary alicyclic amines) is 1. The average Bonchev–Trinajstić information content (AvgIpc) is 3.25. The Labute approximate surface area is 181 Å². The van der Waals surface area contributed by atoms with Crippen molar-refractivity contribution in [2.75, 3.05) is 20.1 Å². The lowest BCUT2D eigenvalue weighted by Gasteiger charge is -2.43. The first-order valence-corrected chi connectivity index (χ1v) is 10.8. The summed E-state index contributed by atoms with van der Waals surface area (Å²) in [6, 6.07) is 7.73. The van der Waals surface area contributed by atoms with Crippen LogP contribution in [0.5, 0.6) is 5.75 Å². The Hall–Kier alpha value is -2.97. The first-order valence-electron chi connectivity index (χ1n) is 10.8. The monoisotopic (exact) mass is 420 g/mol. The third kappa shape index (κ3) is 4.26. The van der Waals surface area contributed by atoms with Crippen molar-refractivity contribution in [3.8, 4) is 5.75 Å². The number of hydrogen-bond donors (Lipinski definition) is 2. The molecule has 2 N–H and O–H groups in total. The summed E-state index contributed by atoms with van der Waals surface area (Å²) in [6.45, 7) is 4.73. The Kier molecular flexibility index (Phi) is 5.33. The van der Waals surface area contributed by atoms with Crippen LogP contribution in [0.15, 0.2) is 47.7 Å². The molecule has 0 saturated carbocycles. The van der Waals surface area contributed by atoms with Crippen LogP contribution in [-0.4, -0.2) is 54.6 Å². The van der Waals surface area contributed by atoms with Gasteiger partial charge in [-0.25, -0.2) is 4.98 Å². The maximum atomic E-state index is 13.3. The van der Waals surface area contributed by atoms with E-state index in [9.17, 15) is 9.90 Å². The Bertz CT molecular complexity index is 1090. The molecule has 3 aromatic rings. The maximum Gasteiger partial charge on any atom is 0.255 e. The second-order valence-corrected chi connectivity index (χ2v) is 8.91. The molecule has 0 radical (unpaired) electrons. The molecular weight excluding hydrogens is 392 g/mol. The molecular formula is C23H28N6O2. The number of nitrogens with zero attached hydrogens (tertiary/aromatic N) is 5. The molecule has 0 spiro atoms. The Balaban J connectivity index is 1.30. The second kappa shape index (κ2) is 8.28. The molecule has 1 fully saturated rings. The van der Waals surface area contributed by atoms with Gasteiger partial charge in [-0.1, -0.05) is 6.07 Å². The number of fused-ring (bicyclic) bond motifs is 4. The molecule has 2 aliphatic rings. The number of H-pyrrole nitrogens is 1. The van der Waals surface area contributed by atoms with Gasteiger partial charge in [-0.2, -0.15) is 0 Å². The zero-order valence-electron chi connectivity index (χ0n) is 17.7. The van der Waals surface area contributed by atoms with Crippen molar-refractivity contribution < 1.29 is 5.11 Å². The Morgan fingerprint density at radius 2 is 2.06 bits per heavy atom. The summed E-state index contributed by atoms with van der Waals surface area (Å²) in [4.78, 5) is 29.5. The minimum Gasteiger partial charge on any atom is -0.506 e. The smallest absolute Gasteiger partial charge is 0.255 e. The summed E-state index contributed by atoms with van der Waals surface area (Å²) in [5, 5.41) is 9.45. The third-order valence-electron chi connectivity index (χ3n) is 6.37. The fraction of sp³-hybridized carbons (Fsp3) is 0.435. The lowest BCUT2D eigenvalue weighted by Crippen LogP contribution is -2.47. The van der Waals surface area contributed by atoms with Crippen molar-refractivity contribution in [2.24, 2.45) is 5.92 Å². The van der Waals surface area contributed by atoms with Gasteiger partial charge in [0.05, 0.1) is 18.4 Å². The van der Waals surface area contributed by atoms with Gasteiger partial charge in [-0.05, 0) is 37.6 Å². The minimum atomic E-state index is 0.146. The molecule has 0 aromatic carbocycles. The third-order valence-corrected chi connectivity index (χ3v) is 6.37. The lowest BCUT2D eigenvalue weighted by molar-refractivity contribution is 0.113. The van der Waals surface area contributed by atoms with Crippen LogP contribution >= 0.6 is 0 Å². The molecule has 2 aliphatic heterocycles. The number of aromatic hydroxyl groups is 1. The maximum absolute atomic E-state index is 13.3. The highest BCUT2D eigenvalue weighted by molar-refractivity contribution is 5.23. The Morgan fingerprint density at radius 3 is 2.84 bits per heavy atom. The van der Waals surface area contributed by atoms with Crippen LogP contribution < -0.4 is 5.56 Å². The molecule has 8 heteroatoms. The van der Waals surface area contributed by atoms with Crippen molar-refractivity contribution in [3.63, 3.8) is 0 Å². The summed E-state index contributed by atoms with van der Waals surface area (Å²) in [5.41, 5.74) is 3.10. The molecule has 2 atom stereocenters. The number of aromatic amines is 1. The van der Waals surface area contributed by atoms with E-state index in [0.29, 0.717) is 24.9 Å². The van der Waals surface area contributed by atoms with E-state index in [2.05, 4.69) is 30.8 Å². The summed E-state index contributed by atoms with van der Waals surface area (Å²) in [7, 11) is 2.01. The van der Waals surface area contributed by atoms with E-state index >= 15 is 0 Å². The van der Waals surface area contributed by atoms with Gasteiger partial charge >= 0.3 is 0 Å². The predicted molar refractivity (Wildman–Crippen MR) is 116 cm³/mol. The van der Waals surface area contributed by atoms with E-state index in [1.807, 2.05) is 29.9 Å². The zero-order chi connectivity index (χ0) is 21.4. The van der Waals surface area contributed by atoms with Crippen molar-refractivity contribution in [3.05, 3.63) is 76.0 Å². The highest BCUT2D eigenvalue weighted by Gasteiger charge is 2.35. The summed E-state index contributed by atoms with van der Waals surface area (Å²) in [6.07, 6.45) is 6.20. The molecule has 162 valence electrons. The average molecular weight is 421 g/mol. The van der Waals surface area contributed by atoms with Gasteiger partial charge in [0.1, 0.15) is 11.6 Å². The highest BCUT2D eigenvalue weighted by Crippen LogP contribution is 2.35. The molecule has 5 heterocycles. The molecule has 3 aromatic heterocycles. The van der Waals surface area contributed by atoms with Gasteiger partial charge in [-0.3, -0.25) is 19.6 Å². The summed E-state index contributed by atoms with van der Waals surface area (Å²) < 4.78 is 2.02. The van der Waals surface area contributed by atoms with Crippen LogP contribution in [0.3, 0.4) is 0 Å². The van der Waals surface area contributed by atoms with Crippen molar-refractivity contribution in [1.29, 1.82) is 0 Å². The highest BCUT2D eigenvalue weighted by atomic mass is 16.3. The Morgan fingerprint density at radius 1 is 1.16 bits per heavy atom. The van der Waals surface area contributed by atoms with Gasteiger partial charge < -0.3 is 14.7 Å². The van der Waals surface area contributed by atoms with Crippen molar-refractivity contribution >= 4 is 0 Å². The van der Waals surface area contributed by atoms with Crippen molar-refractivity contribution in [2.45, 2.75) is 38.5 Å². The topological polar surface area (TPSA) is 90.3 Å². The van der Waals surface area contributed by atoms with Crippen LogP contribution in [0.2, 0.25) is 0 Å². The number of rotatable bonds is 6. The lowest BCUT2D eigenvalue weighted by atomic mass is 9.83. The number of hydrogen-bond acceptors (Lipinski definition) is 6. The number of pyridine rings is 2. The zero-order valence-corrected chi connectivity index (χ0v) is 17.7. The van der Waals surface area contributed by atoms with E-state index in [4.69, 9.17) is 0 Å². The van der Waals surface area contributed by atoms with Crippen molar-refractivity contribution in [1.82, 2.24) is 29.3 Å². The molecule has 0 aliphatic carbocycles. The SMILES string of the molecule is CN(Cc1ncc[nH]1)Cc1ccc2n(c1=O)C[C@H]1C[C@@H]2CN(Cc2ccc(O)cn2)C1. The van der Waals surface area contributed by atoms with Gasteiger partial charge in [0.2, 0.25) is 0 Å². The molecule has 2 bridgehead atoms. The van der Waals surface area contributed by atoms with Crippen LogP contribution in [0.1, 0.15) is 35.1 Å². The summed E-state index contributed by atoms with van der Waals surface area (Å²) in [5.74, 6) is 1.93. The van der Waals surface area contributed by atoms with Gasteiger partial charge in [-0.15, -0.1) is 0 Å². The minimum absolute atomic E-state index is 0.146. The van der Waals surface area contributed by atoms with E-state index in [-0.39, 0.29) is 11.3 Å². The quantitative estimate of drug-likeness (QED) is 0.633. The first kappa shape index (κ1) is 20.0. The van der Waals surface area contributed by atoms with Gasteiger partial charge in [0.25, 0.3) is 5.56 Å². The van der Waals surface area contributed by atoms with Crippen LogP contribution in [0.4, 0.5) is 0 Å². The fourth-order valence-electron chi connectivity index (χ4n) is 5.07. The van der Waals surface area contributed by atoms with Crippen LogP contribution in [0, 0.1) is 5.92 Å². The largest absolute Gasteiger partial charge is 0.506 e. The molecule has 31 heavy (non-hydrogen) atoms. The standard InChI is InChI=1S/C23H28N6O2/c1-27(15-22-24-6-7-25-22)12-17-2-5-21-18-8-16(11-29(21)23(17)31)10-28(13-18)14-19-3-4-20(30)9-26-19/h2-7,9,16,18,30H,8,10-15H2,1H3,(H,24,25)/t16-,18+/m0/s1. The molecule has 5 rings (SSSR count). The van der Waals surface area contributed by atoms with E-state index in [1.54, 1.807) is 12.3 Å². The number of nitrogens with one attached hydrogen (secondary N) is 1. The first-order chi connectivity index (χ1) is 15.0. The number of aromatic nitrogens is 4. The van der Waals surface area contributed by atoms with Crippen LogP contribution in [0.25, 0.3) is 0 Å². The van der Waals surface area contributed by atoms with Gasteiger partial charge in [0.15, 0.2) is 0 Å². The number of imidazole rings is 1. The number of piperidine rings is 1. The van der Waals surface area contributed by atoms with E-state index in [0.717, 1.165) is 55.4 Å². The molecule has 0 amide bonds. The van der Waals surface area contributed by atoms with E-state index < -0.39 is 0 Å². The van der Waals surface area contributed by atoms with Gasteiger partial charge in [0, 0.05) is 62.3 Å². The van der Waals surface area contributed by atoms with Crippen LogP contribution in [-0.2, 0) is 26.2 Å². The summed E-state index contributed by atoms with van der Waals surface area (Å²) >= 11 is 0. The second-order valence-electron chi connectivity index (χ2n) is 8.91. The molecule has 0 unspecified atom stereocenters. The normalized spacial score (nSPS) is 20.7. The predicted octanol–water partition coefficient (Wildman–Crippen LogP) is 1.92. The molecule has 1 saturated heterocycles. The molecule has 8 nitrogen and oxygen atoms in total.